The second kappa shape index (κ2) is 6.55. The van der Waals surface area contributed by atoms with Gasteiger partial charge in [0, 0.05) is 18.2 Å². The lowest BCUT2D eigenvalue weighted by molar-refractivity contribution is -0.117. The average molecular weight is 311 g/mol. The highest BCUT2D eigenvalue weighted by atomic mass is 32.2. The third-order valence-electron chi connectivity index (χ3n) is 3.74. The van der Waals surface area contributed by atoms with Crippen molar-refractivity contribution in [2.75, 3.05) is 5.32 Å². The largest absolute Gasteiger partial charge is 0.327 e. The molecule has 0 radical (unpaired) electrons. The van der Waals surface area contributed by atoms with Crippen LogP contribution in [-0.2, 0) is 20.6 Å². The number of benzene rings is 1. The Hall–Kier alpha value is -1.44. The molecule has 1 aliphatic carbocycles. The summed E-state index contributed by atoms with van der Waals surface area (Å²) in [7, 11) is -3.58. The van der Waals surface area contributed by atoms with Crippen molar-refractivity contribution in [1.29, 1.82) is 0 Å². The van der Waals surface area contributed by atoms with Gasteiger partial charge in [-0.1, -0.05) is 18.6 Å². The second-order valence-electron chi connectivity index (χ2n) is 5.61. The summed E-state index contributed by atoms with van der Waals surface area (Å²) in [6, 6.07) is 6.80. The van der Waals surface area contributed by atoms with Gasteiger partial charge in [-0.05, 0) is 36.5 Å². The predicted octanol–water partition coefficient (Wildman–Crippen LogP) is 0.931. The Morgan fingerprint density at radius 1 is 1.33 bits per heavy atom. The molecular formula is C14H21N3O3S. The molecule has 1 aromatic carbocycles. The van der Waals surface area contributed by atoms with Crippen molar-refractivity contribution in [3.05, 3.63) is 29.8 Å². The average Bonchev–Trinajstić information content (AvgIpc) is 2.73. The molecule has 21 heavy (non-hydrogen) atoms. The molecule has 5 N–H and O–H groups in total. The van der Waals surface area contributed by atoms with E-state index in [1.54, 1.807) is 24.3 Å². The van der Waals surface area contributed by atoms with E-state index in [-0.39, 0.29) is 23.6 Å². The SMILES string of the molecule is N[C@@H]1CCC[C@H]1CC(=O)Nc1cccc(CS(N)(=O)=O)c1. The second-order valence-corrected chi connectivity index (χ2v) is 7.23. The Morgan fingerprint density at radius 2 is 2.10 bits per heavy atom. The minimum Gasteiger partial charge on any atom is -0.327 e. The molecule has 7 heteroatoms. The van der Waals surface area contributed by atoms with E-state index >= 15 is 0 Å². The maximum absolute atomic E-state index is 12.0. The molecule has 0 bridgehead atoms. The van der Waals surface area contributed by atoms with Crippen LogP contribution in [0.15, 0.2) is 24.3 Å². The topological polar surface area (TPSA) is 115 Å². The first-order valence-corrected chi connectivity index (χ1v) is 8.70. The zero-order chi connectivity index (χ0) is 15.5. The van der Waals surface area contributed by atoms with E-state index < -0.39 is 10.0 Å². The number of carbonyl (C=O) groups excluding carboxylic acids is 1. The fourth-order valence-corrected chi connectivity index (χ4v) is 3.38. The number of nitrogens with two attached hydrogens (primary N) is 2. The summed E-state index contributed by atoms with van der Waals surface area (Å²) in [5.74, 6) is -0.104. The van der Waals surface area contributed by atoms with Gasteiger partial charge in [-0.2, -0.15) is 0 Å². The highest BCUT2D eigenvalue weighted by Gasteiger charge is 2.26. The number of hydrogen-bond acceptors (Lipinski definition) is 4. The van der Waals surface area contributed by atoms with Crippen LogP contribution in [0.3, 0.4) is 0 Å². The van der Waals surface area contributed by atoms with Crippen molar-refractivity contribution in [2.24, 2.45) is 16.8 Å². The van der Waals surface area contributed by atoms with Gasteiger partial charge in [0.1, 0.15) is 0 Å². The quantitative estimate of drug-likeness (QED) is 0.750. The molecule has 0 unspecified atom stereocenters. The van der Waals surface area contributed by atoms with E-state index in [4.69, 9.17) is 10.9 Å². The number of rotatable bonds is 5. The zero-order valence-electron chi connectivity index (χ0n) is 11.8. The molecule has 0 spiro atoms. The van der Waals surface area contributed by atoms with Crippen molar-refractivity contribution < 1.29 is 13.2 Å². The first-order valence-electron chi connectivity index (χ1n) is 6.98. The van der Waals surface area contributed by atoms with Gasteiger partial charge in [0.25, 0.3) is 0 Å². The maximum atomic E-state index is 12.0. The summed E-state index contributed by atoms with van der Waals surface area (Å²) in [6.45, 7) is 0. The van der Waals surface area contributed by atoms with E-state index in [0.29, 0.717) is 17.7 Å². The number of hydrogen-bond donors (Lipinski definition) is 3. The van der Waals surface area contributed by atoms with Crippen LogP contribution in [0.2, 0.25) is 0 Å². The third-order valence-corrected chi connectivity index (χ3v) is 4.48. The molecule has 116 valence electrons. The fraction of sp³-hybridized carbons (Fsp3) is 0.500. The molecule has 1 fully saturated rings. The van der Waals surface area contributed by atoms with E-state index in [9.17, 15) is 13.2 Å². The number of primary sulfonamides is 1. The lowest BCUT2D eigenvalue weighted by atomic mass is 10.00. The monoisotopic (exact) mass is 311 g/mol. The molecule has 0 heterocycles. The normalized spacial score (nSPS) is 22.2. The molecule has 0 aliphatic heterocycles. The van der Waals surface area contributed by atoms with Gasteiger partial charge in [0.2, 0.25) is 15.9 Å². The van der Waals surface area contributed by atoms with Gasteiger partial charge >= 0.3 is 0 Å². The first-order chi connectivity index (χ1) is 9.83. The highest BCUT2D eigenvalue weighted by Crippen LogP contribution is 2.27. The summed E-state index contributed by atoms with van der Waals surface area (Å²) in [6.07, 6.45) is 3.44. The smallest absolute Gasteiger partial charge is 0.224 e. The van der Waals surface area contributed by atoms with Gasteiger partial charge < -0.3 is 11.1 Å². The van der Waals surface area contributed by atoms with Crippen molar-refractivity contribution in [1.82, 2.24) is 0 Å². The lowest BCUT2D eigenvalue weighted by Crippen LogP contribution is -2.28. The molecule has 1 amide bonds. The van der Waals surface area contributed by atoms with Gasteiger partial charge in [0.15, 0.2) is 0 Å². The summed E-state index contributed by atoms with van der Waals surface area (Å²) in [4.78, 5) is 12.0. The van der Waals surface area contributed by atoms with E-state index in [0.717, 1.165) is 19.3 Å². The van der Waals surface area contributed by atoms with Crippen molar-refractivity contribution in [2.45, 2.75) is 37.5 Å². The van der Waals surface area contributed by atoms with Crippen molar-refractivity contribution in [3.63, 3.8) is 0 Å². The molecule has 0 saturated heterocycles. The number of anilines is 1. The van der Waals surface area contributed by atoms with E-state index in [1.165, 1.54) is 0 Å². The fourth-order valence-electron chi connectivity index (χ4n) is 2.74. The number of carbonyl (C=O) groups is 1. The predicted molar refractivity (Wildman–Crippen MR) is 81.8 cm³/mol. The Labute approximate surface area is 124 Å². The number of nitrogens with one attached hydrogen (secondary N) is 1. The standard InChI is InChI=1S/C14H21N3O3S/c15-13-6-2-4-11(13)8-14(18)17-12-5-1-3-10(7-12)9-21(16,19)20/h1,3,5,7,11,13H,2,4,6,8-9,15H2,(H,17,18)(H2,16,19,20)/t11-,13+/m0/s1. The van der Waals surface area contributed by atoms with E-state index in [2.05, 4.69) is 5.32 Å². The summed E-state index contributed by atoms with van der Waals surface area (Å²) in [5.41, 5.74) is 7.08. The summed E-state index contributed by atoms with van der Waals surface area (Å²) >= 11 is 0. The number of amides is 1. The molecule has 1 aliphatic rings. The summed E-state index contributed by atoms with van der Waals surface area (Å²) in [5, 5.41) is 7.80. The van der Waals surface area contributed by atoms with Crippen molar-refractivity contribution in [3.8, 4) is 0 Å². The highest BCUT2D eigenvalue weighted by molar-refractivity contribution is 7.88. The van der Waals surface area contributed by atoms with Crippen LogP contribution in [0.1, 0.15) is 31.2 Å². The minimum absolute atomic E-state index is 0.0925. The van der Waals surface area contributed by atoms with Gasteiger partial charge in [-0.3, -0.25) is 4.79 Å². The minimum atomic E-state index is -3.58. The molecule has 2 atom stereocenters. The van der Waals surface area contributed by atoms with E-state index in [1.807, 2.05) is 0 Å². The number of sulfonamides is 1. The first kappa shape index (κ1) is 15.9. The zero-order valence-corrected chi connectivity index (χ0v) is 12.6. The summed E-state index contributed by atoms with van der Waals surface area (Å²) < 4.78 is 22.2. The van der Waals surface area contributed by atoms with Crippen LogP contribution >= 0.6 is 0 Å². The van der Waals surface area contributed by atoms with Crippen LogP contribution in [-0.4, -0.2) is 20.4 Å². The Bertz CT molecular complexity index is 616. The Kier molecular flexibility index (Phi) is 4.97. The van der Waals surface area contributed by atoms with Gasteiger partial charge in [-0.25, -0.2) is 13.6 Å². The molecule has 1 saturated carbocycles. The van der Waals surface area contributed by atoms with Crippen LogP contribution in [0.25, 0.3) is 0 Å². The molecule has 2 rings (SSSR count). The molecule has 1 aromatic rings. The van der Waals surface area contributed by atoms with Crippen molar-refractivity contribution >= 4 is 21.6 Å². The van der Waals surface area contributed by atoms with Crippen LogP contribution in [0, 0.1) is 5.92 Å². The van der Waals surface area contributed by atoms with Gasteiger partial charge in [0.05, 0.1) is 5.75 Å². The molecule has 0 aromatic heterocycles. The third kappa shape index (κ3) is 5.11. The maximum Gasteiger partial charge on any atom is 0.224 e. The lowest BCUT2D eigenvalue weighted by Gasteiger charge is -2.15. The van der Waals surface area contributed by atoms with Crippen LogP contribution in [0.4, 0.5) is 5.69 Å². The van der Waals surface area contributed by atoms with Crippen LogP contribution < -0.4 is 16.2 Å². The van der Waals surface area contributed by atoms with Gasteiger partial charge in [-0.15, -0.1) is 0 Å². The Balaban J connectivity index is 1.96. The molecular weight excluding hydrogens is 290 g/mol. The van der Waals surface area contributed by atoms with Crippen LogP contribution in [0.5, 0.6) is 0 Å². The molecule has 6 nitrogen and oxygen atoms in total. The Morgan fingerprint density at radius 3 is 2.71 bits per heavy atom.